The fraction of sp³-hybridized carbons (Fsp3) is 0.133. The third-order valence-electron chi connectivity index (χ3n) is 3.48. The van der Waals surface area contributed by atoms with Crippen molar-refractivity contribution in [1.29, 1.82) is 5.26 Å². The number of benzene rings is 1. The Morgan fingerprint density at radius 1 is 1.26 bits per heavy atom. The maximum Gasteiger partial charge on any atom is 0.231 e. The molecule has 1 atom stereocenters. The van der Waals surface area contributed by atoms with Crippen LogP contribution in [0.25, 0.3) is 0 Å². The largest absolute Gasteiger partial charge is 0.422 e. The first-order valence-electron chi connectivity index (χ1n) is 6.59. The van der Waals surface area contributed by atoms with Crippen LogP contribution in [0, 0.1) is 11.3 Å². The summed E-state index contributed by atoms with van der Waals surface area (Å²) in [5.74, 6) is 0.171. The van der Waals surface area contributed by atoms with E-state index in [1.807, 2.05) is 30.5 Å². The van der Waals surface area contributed by atoms with Gasteiger partial charge >= 0.3 is 0 Å². The van der Waals surface area contributed by atoms with Crippen molar-refractivity contribution in [3.63, 3.8) is 0 Å². The lowest BCUT2D eigenvalue weighted by atomic mass is 9.85. The van der Waals surface area contributed by atoms with Crippen molar-refractivity contribution in [3.8, 4) is 11.9 Å². The number of hydrogen-bond acceptors (Lipinski definition) is 7. The van der Waals surface area contributed by atoms with Crippen molar-refractivity contribution in [2.24, 2.45) is 5.73 Å². The van der Waals surface area contributed by atoms with E-state index in [-0.39, 0.29) is 11.7 Å². The standard InChI is InChI=1S/C15H12BrN5OS/c1-23-15-20-12(18)11-10(7-2-4-8(16)5-3-7)9(6-17)13(19)22-14(11)21-15/h2-5,10H,19H2,1H3,(H2,18,20,21). The number of aromatic nitrogens is 2. The molecular formula is C15H12BrN5OS. The Hall–Kier alpha value is -2.24. The van der Waals surface area contributed by atoms with Crippen molar-refractivity contribution in [2.75, 3.05) is 12.0 Å². The van der Waals surface area contributed by atoms with Crippen LogP contribution in [0.5, 0.6) is 5.88 Å². The van der Waals surface area contributed by atoms with Gasteiger partial charge < -0.3 is 16.2 Å². The Balaban J connectivity index is 2.25. The molecule has 1 aromatic heterocycles. The molecule has 3 rings (SSSR count). The van der Waals surface area contributed by atoms with E-state index in [2.05, 4.69) is 32.0 Å². The summed E-state index contributed by atoms with van der Waals surface area (Å²) in [5.41, 5.74) is 13.8. The Morgan fingerprint density at radius 3 is 2.57 bits per heavy atom. The van der Waals surface area contributed by atoms with E-state index in [0.29, 0.717) is 22.2 Å². The summed E-state index contributed by atoms with van der Waals surface area (Å²) in [6.45, 7) is 0. The number of nitrogen functional groups attached to an aromatic ring is 1. The summed E-state index contributed by atoms with van der Waals surface area (Å²) in [5, 5.41) is 9.99. The van der Waals surface area contributed by atoms with E-state index in [4.69, 9.17) is 16.2 Å². The summed E-state index contributed by atoms with van der Waals surface area (Å²) < 4.78 is 6.45. The molecule has 0 saturated carbocycles. The smallest absolute Gasteiger partial charge is 0.231 e. The third kappa shape index (κ3) is 2.73. The molecule has 2 heterocycles. The van der Waals surface area contributed by atoms with Gasteiger partial charge in [-0.05, 0) is 24.0 Å². The number of allylic oxidation sites excluding steroid dienone is 1. The molecule has 0 saturated heterocycles. The molecule has 23 heavy (non-hydrogen) atoms. The molecule has 0 amide bonds. The van der Waals surface area contributed by atoms with Crippen molar-refractivity contribution in [1.82, 2.24) is 9.97 Å². The molecule has 2 aromatic rings. The highest BCUT2D eigenvalue weighted by molar-refractivity contribution is 9.10. The van der Waals surface area contributed by atoms with Crippen LogP contribution in [0.1, 0.15) is 17.0 Å². The molecule has 0 spiro atoms. The maximum absolute atomic E-state index is 9.50. The monoisotopic (exact) mass is 389 g/mol. The van der Waals surface area contributed by atoms with E-state index in [0.717, 1.165) is 10.0 Å². The summed E-state index contributed by atoms with van der Waals surface area (Å²) in [4.78, 5) is 8.58. The molecule has 0 fully saturated rings. The second-order valence-electron chi connectivity index (χ2n) is 4.79. The summed E-state index contributed by atoms with van der Waals surface area (Å²) in [7, 11) is 0. The highest BCUT2D eigenvalue weighted by atomic mass is 79.9. The topological polar surface area (TPSA) is 111 Å². The number of fused-ring (bicyclic) bond motifs is 1. The second-order valence-corrected chi connectivity index (χ2v) is 6.48. The Labute approximate surface area is 145 Å². The number of halogens is 1. The molecule has 8 heteroatoms. The minimum atomic E-state index is -0.451. The summed E-state index contributed by atoms with van der Waals surface area (Å²) >= 11 is 4.75. The zero-order valence-corrected chi connectivity index (χ0v) is 14.5. The van der Waals surface area contributed by atoms with Crippen LogP contribution in [0.4, 0.5) is 5.82 Å². The summed E-state index contributed by atoms with van der Waals surface area (Å²) in [6, 6.07) is 9.70. The fourth-order valence-electron chi connectivity index (χ4n) is 2.44. The number of rotatable bonds is 2. The predicted octanol–water partition coefficient (Wildman–Crippen LogP) is 2.76. The van der Waals surface area contributed by atoms with Crippen LogP contribution in [0.15, 0.2) is 45.4 Å². The van der Waals surface area contributed by atoms with Gasteiger partial charge in [0.15, 0.2) is 5.16 Å². The molecule has 6 nitrogen and oxygen atoms in total. The first kappa shape index (κ1) is 15.6. The van der Waals surface area contributed by atoms with E-state index >= 15 is 0 Å². The van der Waals surface area contributed by atoms with Crippen LogP contribution in [0.3, 0.4) is 0 Å². The van der Waals surface area contributed by atoms with Gasteiger partial charge in [-0.25, -0.2) is 4.98 Å². The SMILES string of the molecule is CSc1nc(N)c2c(n1)OC(N)=C(C#N)C2c1ccc(Br)cc1. The number of thioether (sulfide) groups is 1. The van der Waals surface area contributed by atoms with Gasteiger partial charge in [0.25, 0.3) is 0 Å². The molecule has 116 valence electrons. The van der Waals surface area contributed by atoms with E-state index in [1.54, 1.807) is 0 Å². The van der Waals surface area contributed by atoms with Crippen LogP contribution in [0.2, 0.25) is 0 Å². The van der Waals surface area contributed by atoms with E-state index in [9.17, 15) is 5.26 Å². The highest BCUT2D eigenvalue weighted by Crippen LogP contribution is 2.44. The lowest BCUT2D eigenvalue weighted by molar-refractivity contribution is 0.373. The zero-order valence-electron chi connectivity index (χ0n) is 12.1. The molecule has 0 aliphatic carbocycles. The molecular weight excluding hydrogens is 378 g/mol. The quantitative estimate of drug-likeness (QED) is 0.599. The number of nitrogens with zero attached hydrogens (tertiary/aromatic N) is 3. The predicted molar refractivity (Wildman–Crippen MR) is 91.7 cm³/mol. The first-order valence-corrected chi connectivity index (χ1v) is 8.61. The van der Waals surface area contributed by atoms with Gasteiger partial charge in [0.2, 0.25) is 11.8 Å². The van der Waals surface area contributed by atoms with E-state index in [1.165, 1.54) is 11.8 Å². The third-order valence-corrected chi connectivity index (χ3v) is 4.55. The van der Waals surface area contributed by atoms with Crippen LogP contribution in [-0.2, 0) is 0 Å². The fourth-order valence-corrected chi connectivity index (χ4v) is 3.07. The van der Waals surface area contributed by atoms with Gasteiger partial charge in [0, 0.05) is 4.47 Å². The average Bonchev–Trinajstić information content (AvgIpc) is 2.54. The van der Waals surface area contributed by atoms with Gasteiger partial charge in [-0.1, -0.05) is 39.8 Å². The van der Waals surface area contributed by atoms with Crippen molar-refractivity contribution < 1.29 is 4.74 Å². The zero-order chi connectivity index (χ0) is 16.6. The number of hydrogen-bond donors (Lipinski definition) is 2. The molecule has 0 radical (unpaired) electrons. The Bertz CT molecular complexity index is 844. The van der Waals surface area contributed by atoms with Gasteiger partial charge in [0.05, 0.1) is 11.5 Å². The van der Waals surface area contributed by atoms with Crippen molar-refractivity contribution in [2.45, 2.75) is 11.1 Å². The van der Waals surface area contributed by atoms with Crippen LogP contribution in [-0.4, -0.2) is 16.2 Å². The second kappa shape index (κ2) is 6.10. The number of ether oxygens (including phenoxy) is 1. The number of nitrogens with two attached hydrogens (primary N) is 2. The Morgan fingerprint density at radius 2 is 1.96 bits per heavy atom. The molecule has 4 N–H and O–H groups in total. The highest BCUT2D eigenvalue weighted by Gasteiger charge is 2.34. The molecule has 1 unspecified atom stereocenters. The average molecular weight is 390 g/mol. The number of anilines is 1. The van der Waals surface area contributed by atoms with Crippen molar-refractivity contribution in [3.05, 3.63) is 51.3 Å². The van der Waals surface area contributed by atoms with Gasteiger partial charge in [-0.2, -0.15) is 10.2 Å². The lowest BCUT2D eigenvalue weighted by Gasteiger charge is -2.26. The Kier molecular flexibility index (Phi) is 4.15. The molecule has 0 bridgehead atoms. The van der Waals surface area contributed by atoms with Gasteiger partial charge in [0.1, 0.15) is 17.5 Å². The van der Waals surface area contributed by atoms with Crippen LogP contribution >= 0.6 is 27.7 Å². The van der Waals surface area contributed by atoms with E-state index < -0.39 is 5.92 Å². The lowest BCUT2D eigenvalue weighted by Crippen LogP contribution is -2.23. The number of nitriles is 1. The molecule has 1 aromatic carbocycles. The minimum absolute atomic E-state index is 0.0399. The normalized spacial score (nSPS) is 16.5. The minimum Gasteiger partial charge on any atom is -0.422 e. The van der Waals surface area contributed by atoms with Gasteiger partial charge in [-0.3, -0.25) is 0 Å². The summed E-state index contributed by atoms with van der Waals surface area (Å²) in [6.07, 6.45) is 1.84. The van der Waals surface area contributed by atoms with Crippen LogP contribution < -0.4 is 16.2 Å². The van der Waals surface area contributed by atoms with Crippen molar-refractivity contribution >= 4 is 33.5 Å². The maximum atomic E-state index is 9.50. The first-order chi connectivity index (χ1) is 11.0. The molecule has 1 aliphatic rings. The van der Waals surface area contributed by atoms with Gasteiger partial charge in [-0.15, -0.1) is 0 Å². The molecule has 1 aliphatic heterocycles.